The van der Waals surface area contributed by atoms with Gasteiger partial charge in [-0.15, -0.1) is 11.3 Å². The van der Waals surface area contributed by atoms with Crippen LogP contribution >= 0.6 is 11.3 Å². The van der Waals surface area contributed by atoms with Crippen molar-refractivity contribution in [2.24, 2.45) is 10.7 Å². The summed E-state index contributed by atoms with van der Waals surface area (Å²) in [6.45, 7) is 2.75. The van der Waals surface area contributed by atoms with Crippen LogP contribution in [0.1, 0.15) is 9.75 Å². The number of aryl methyl sites for hydroxylation is 1. The molecule has 1 rings (SSSR count). The summed E-state index contributed by atoms with van der Waals surface area (Å²) >= 11 is 1.73. The van der Waals surface area contributed by atoms with Crippen LogP contribution in [0.3, 0.4) is 0 Å². The lowest BCUT2D eigenvalue weighted by Crippen LogP contribution is -2.43. The van der Waals surface area contributed by atoms with Gasteiger partial charge in [0.05, 0.1) is 6.54 Å². The average Bonchev–Trinajstić information content (AvgIpc) is 2.58. The van der Waals surface area contributed by atoms with Gasteiger partial charge in [-0.25, -0.2) is 0 Å². The van der Waals surface area contributed by atoms with Crippen molar-refractivity contribution in [2.75, 3.05) is 7.05 Å². The lowest BCUT2D eigenvalue weighted by atomic mass is 10.4. The molecule has 82 valence electrons. The van der Waals surface area contributed by atoms with Crippen LogP contribution in [0.5, 0.6) is 0 Å². The van der Waals surface area contributed by atoms with E-state index < -0.39 is 0 Å². The number of nitrogens with one attached hydrogen (secondary N) is 3. The standard InChI is InChI=1S/C9H15N5S/c1-6-3-4-7(15-6)5-13-9(12-2)14-8(10)11/h3-4H,5H2,1-2H3,(H5,10,11,12,13,14). The first-order valence-corrected chi connectivity index (χ1v) is 5.30. The van der Waals surface area contributed by atoms with Crippen LogP contribution in [-0.4, -0.2) is 19.0 Å². The second kappa shape index (κ2) is 5.35. The third-order valence-electron chi connectivity index (χ3n) is 1.70. The summed E-state index contributed by atoms with van der Waals surface area (Å²) in [6, 6.07) is 4.14. The Morgan fingerprint density at radius 2 is 2.33 bits per heavy atom. The van der Waals surface area contributed by atoms with E-state index in [1.807, 2.05) is 0 Å². The van der Waals surface area contributed by atoms with Gasteiger partial charge in [0.1, 0.15) is 0 Å². The summed E-state index contributed by atoms with van der Waals surface area (Å²) in [7, 11) is 1.64. The third kappa shape index (κ3) is 3.99. The highest BCUT2D eigenvalue weighted by Crippen LogP contribution is 2.14. The largest absolute Gasteiger partial charge is 0.370 e. The van der Waals surface area contributed by atoms with Crippen molar-refractivity contribution >= 4 is 23.3 Å². The first-order chi connectivity index (χ1) is 7.11. The second-order valence-electron chi connectivity index (χ2n) is 2.98. The van der Waals surface area contributed by atoms with Crippen molar-refractivity contribution < 1.29 is 0 Å². The van der Waals surface area contributed by atoms with Crippen LogP contribution in [0.4, 0.5) is 0 Å². The van der Waals surface area contributed by atoms with E-state index in [1.165, 1.54) is 9.75 Å². The lowest BCUT2D eigenvalue weighted by Gasteiger charge is -2.08. The maximum atomic E-state index is 7.06. The molecule has 0 radical (unpaired) electrons. The minimum atomic E-state index is -0.120. The molecular formula is C9H15N5S. The van der Waals surface area contributed by atoms with Gasteiger partial charge in [0, 0.05) is 16.8 Å². The molecule has 1 aromatic heterocycles. The molecule has 0 aromatic carbocycles. The SMILES string of the molecule is C/N=C(/NCc1ccc(C)s1)NC(=N)N. The van der Waals surface area contributed by atoms with Crippen molar-refractivity contribution in [3.63, 3.8) is 0 Å². The van der Waals surface area contributed by atoms with E-state index in [2.05, 4.69) is 34.7 Å². The Labute approximate surface area is 92.9 Å². The topological polar surface area (TPSA) is 86.3 Å². The van der Waals surface area contributed by atoms with Gasteiger partial charge in [-0.1, -0.05) is 0 Å². The number of hydrogen-bond acceptors (Lipinski definition) is 3. The maximum Gasteiger partial charge on any atom is 0.198 e. The highest BCUT2D eigenvalue weighted by atomic mass is 32.1. The van der Waals surface area contributed by atoms with Crippen LogP contribution in [0, 0.1) is 12.3 Å². The van der Waals surface area contributed by atoms with Gasteiger partial charge in [-0.2, -0.15) is 0 Å². The third-order valence-corrected chi connectivity index (χ3v) is 2.70. The highest BCUT2D eigenvalue weighted by molar-refractivity contribution is 7.11. The zero-order valence-electron chi connectivity index (χ0n) is 8.79. The zero-order valence-corrected chi connectivity index (χ0v) is 9.61. The number of thiophene rings is 1. The van der Waals surface area contributed by atoms with Crippen molar-refractivity contribution in [3.05, 3.63) is 21.9 Å². The summed E-state index contributed by atoms with van der Waals surface area (Å²) in [5, 5.41) is 12.7. The molecule has 15 heavy (non-hydrogen) atoms. The fourth-order valence-corrected chi connectivity index (χ4v) is 1.89. The lowest BCUT2D eigenvalue weighted by molar-refractivity contribution is 0.897. The van der Waals surface area contributed by atoms with E-state index in [0.29, 0.717) is 12.5 Å². The van der Waals surface area contributed by atoms with Crippen LogP contribution in [0.2, 0.25) is 0 Å². The smallest absolute Gasteiger partial charge is 0.198 e. The van der Waals surface area contributed by atoms with Crippen molar-refractivity contribution in [2.45, 2.75) is 13.5 Å². The van der Waals surface area contributed by atoms with Crippen molar-refractivity contribution in [1.29, 1.82) is 5.41 Å². The molecule has 0 saturated heterocycles. The van der Waals surface area contributed by atoms with Crippen molar-refractivity contribution in [3.8, 4) is 0 Å². The van der Waals surface area contributed by atoms with Crippen LogP contribution in [0.15, 0.2) is 17.1 Å². The molecule has 1 heterocycles. The number of aliphatic imine (C=N–C) groups is 1. The molecular weight excluding hydrogens is 210 g/mol. The average molecular weight is 225 g/mol. The number of hydrogen-bond donors (Lipinski definition) is 4. The number of nitrogens with zero attached hydrogens (tertiary/aromatic N) is 1. The minimum absolute atomic E-state index is 0.120. The van der Waals surface area contributed by atoms with Crippen LogP contribution < -0.4 is 16.4 Å². The molecule has 0 aliphatic heterocycles. The predicted molar refractivity (Wildman–Crippen MR) is 64.3 cm³/mol. The number of rotatable bonds is 2. The molecule has 0 unspecified atom stereocenters. The Morgan fingerprint density at radius 1 is 1.60 bits per heavy atom. The molecule has 0 bridgehead atoms. The molecule has 6 heteroatoms. The molecule has 0 amide bonds. The van der Waals surface area contributed by atoms with Gasteiger partial charge < -0.3 is 11.1 Å². The van der Waals surface area contributed by atoms with Gasteiger partial charge in [0.15, 0.2) is 11.9 Å². The first-order valence-electron chi connectivity index (χ1n) is 4.49. The maximum absolute atomic E-state index is 7.06. The van der Waals surface area contributed by atoms with E-state index in [-0.39, 0.29) is 5.96 Å². The van der Waals surface area contributed by atoms with Gasteiger partial charge in [-0.3, -0.25) is 15.7 Å². The molecule has 5 nitrogen and oxygen atoms in total. The normalized spacial score (nSPS) is 11.2. The van der Waals surface area contributed by atoms with E-state index in [9.17, 15) is 0 Å². The van der Waals surface area contributed by atoms with Gasteiger partial charge in [0.25, 0.3) is 0 Å². The monoisotopic (exact) mass is 225 g/mol. The fourth-order valence-electron chi connectivity index (χ4n) is 1.06. The van der Waals surface area contributed by atoms with Gasteiger partial charge in [-0.05, 0) is 19.1 Å². The summed E-state index contributed by atoms with van der Waals surface area (Å²) in [4.78, 5) is 6.43. The van der Waals surface area contributed by atoms with Crippen LogP contribution in [0.25, 0.3) is 0 Å². The number of guanidine groups is 2. The molecule has 0 aliphatic rings. The summed E-state index contributed by atoms with van der Waals surface area (Å²) in [5.74, 6) is 0.388. The molecule has 0 aliphatic carbocycles. The summed E-state index contributed by atoms with van der Waals surface area (Å²) in [5.41, 5.74) is 5.20. The van der Waals surface area contributed by atoms with Gasteiger partial charge >= 0.3 is 0 Å². The molecule has 0 atom stereocenters. The number of nitrogens with two attached hydrogens (primary N) is 1. The Hall–Kier alpha value is -1.56. The highest BCUT2D eigenvalue weighted by Gasteiger charge is 2.00. The van der Waals surface area contributed by atoms with E-state index in [4.69, 9.17) is 11.1 Å². The Morgan fingerprint density at radius 3 is 2.80 bits per heavy atom. The zero-order chi connectivity index (χ0) is 11.3. The Bertz CT molecular complexity index is 368. The van der Waals surface area contributed by atoms with E-state index in [1.54, 1.807) is 18.4 Å². The van der Waals surface area contributed by atoms with Crippen LogP contribution in [-0.2, 0) is 6.54 Å². The summed E-state index contributed by atoms with van der Waals surface area (Å²) < 4.78 is 0. The second-order valence-corrected chi connectivity index (χ2v) is 4.35. The predicted octanol–water partition coefficient (Wildman–Crippen LogP) is 0.615. The Kier molecular flexibility index (Phi) is 4.11. The van der Waals surface area contributed by atoms with E-state index in [0.717, 1.165) is 0 Å². The first kappa shape index (κ1) is 11.5. The summed E-state index contributed by atoms with van der Waals surface area (Å²) in [6.07, 6.45) is 0. The fraction of sp³-hybridized carbons (Fsp3) is 0.333. The quantitative estimate of drug-likeness (QED) is 0.439. The van der Waals surface area contributed by atoms with Gasteiger partial charge in [0.2, 0.25) is 0 Å². The minimum Gasteiger partial charge on any atom is -0.370 e. The Balaban J connectivity index is 2.45. The molecule has 0 spiro atoms. The molecule has 0 fully saturated rings. The molecule has 1 aromatic rings. The molecule has 0 saturated carbocycles. The van der Waals surface area contributed by atoms with Crippen molar-refractivity contribution in [1.82, 2.24) is 10.6 Å². The molecule has 5 N–H and O–H groups in total. The van der Waals surface area contributed by atoms with E-state index >= 15 is 0 Å².